The lowest BCUT2D eigenvalue weighted by molar-refractivity contribution is 0.402. The van der Waals surface area contributed by atoms with Gasteiger partial charge in [-0.25, -0.2) is 21.6 Å². The molecule has 0 fully saturated rings. The molecule has 2 aromatic rings. The molecule has 26 heavy (non-hydrogen) atoms. The van der Waals surface area contributed by atoms with Gasteiger partial charge in [-0.05, 0) is 42.3 Å². The molecule has 1 atom stereocenters. The normalized spacial score (nSPS) is 13.4. The van der Waals surface area contributed by atoms with Crippen molar-refractivity contribution in [2.75, 3.05) is 13.4 Å². The molecule has 6 nitrogen and oxygen atoms in total. The van der Waals surface area contributed by atoms with Gasteiger partial charge in [-0.1, -0.05) is 30.7 Å². The van der Waals surface area contributed by atoms with Crippen molar-refractivity contribution in [3.63, 3.8) is 0 Å². The lowest BCUT2D eigenvalue weighted by Gasteiger charge is -2.19. The van der Waals surface area contributed by atoms with Crippen molar-refractivity contribution in [2.45, 2.75) is 29.2 Å². The highest BCUT2D eigenvalue weighted by Crippen LogP contribution is 2.29. The first-order valence-electron chi connectivity index (χ1n) is 7.74. The van der Waals surface area contributed by atoms with Gasteiger partial charge >= 0.3 is 0 Å². The van der Waals surface area contributed by atoms with Crippen LogP contribution in [0.5, 0.6) is 5.75 Å². The summed E-state index contributed by atoms with van der Waals surface area (Å²) >= 11 is 5.92. The highest BCUT2D eigenvalue weighted by Gasteiger charge is 2.24. The largest absolute Gasteiger partial charge is 0.495 e. The molecule has 2 rings (SSSR count). The maximum Gasteiger partial charge on any atom is 0.244 e. The first-order valence-corrected chi connectivity index (χ1v) is 11.5. The number of hydrogen-bond acceptors (Lipinski definition) is 5. The van der Waals surface area contributed by atoms with Gasteiger partial charge in [-0.15, -0.1) is 0 Å². The van der Waals surface area contributed by atoms with E-state index in [4.69, 9.17) is 16.3 Å². The van der Waals surface area contributed by atoms with E-state index in [0.29, 0.717) is 12.0 Å². The van der Waals surface area contributed by atoms with Crippen molar-refractivity contribution in [3.8, 4) is 5.75 Å². The Hall–Kier alpha value is -1.61. The summed E-state index contributed by atoms with van der Waals surface area (Å²) in [7, 11) is -5.84. The van der Waals surface area contributed by atoms with E-state index in [0.717, 1.165) is 6.26 Å². The second-order valence-corrected chi connectivity index (χ2v) is 9.85. The van der Waals surface area contributed by atoms with Crippen LogP contribution in [0.25, 0.3) is 0 Å². The molecular weight excluding hydrogens is 398 g/mol. The summed E-state index contributed by atoms with van der Waals surface area (Å²) in [6.45, 7) is 1.83. The molecule has 2 aromatic carbocycles. The predicted molar refractivity (Wildman–Crippen MR) is 101 cm³/mol. The number of rotatable bonds is 7. The molecule has 0 aliphatic heterocycles. The number of hydrogen-bond donors (Lipinski definition) is 1. The third-order valence-electron chi connectivity index (χ3n) is 3.83. The average molecular weight is 418 g/mol. The average Bonchev–Trinajstić information content (AvgIpc) is 2.59. The van der Waals surface area contributed by atoms with Gasteiger partial charge in [0.25, 0.3) is 0 Å². The van der Waals surface area contributed by atoms with Crippen LogP contribution in [-0.2, 0) is 19.9 Å². The van der Waals surface area contributed by atoms with Crippen LogP contribution in [0.2, 0.25) is 5.02 Å². The summed E-state index contributed by atoms with van der Waals surface area (Å²) in [5, 5.41) is 0.275. The molecule has 0 unspecified atom stereocenters. The summed E-state index contributed by atoms with van der Waals surface area (Å²) in [5.74, 6) is 0.184. The number of sulfone groups is 1. The standard InChI is InChI=1S/C17H20ClNO5S2/c1-4-15(12-5-8-14(9-6-12)25(3,20)21)19-26(22,23)17-11-13(18)7-10-16(17)24-2/h5-11,15,19H,4H2,1-3H3/t15-/m0/s1. The summed E-state index contributed by atoms with van der Waals surface area (Å²) in [5.41, 5.74) is 0.657. The first kappa shape index (κ1) is 20.7. The molecule has 1 N–H and O–H groups in total. The van der Waals surface area contributed by atoms with Gasteiger partial charge in [0.15, 0.2) is 9.84 Å². The van der Waals surface area contributed by atoms with Gasteiger partial charge in [0, 0.05) is 17.3 Å². The first-order chi connectivity index (χ1) is 12.1. The number of benzene rings is 2. The minimum absolute atomic E-state index is 0.0568. The Balaban J connectivity index is 2.36. The SMILES string of the molecule is CC[C@H](NS(=O)(=O)c1cc(Cl)ccc1OC)c1ccc(S(C)(=O)=O)cc1. The second-order valence-electron chi connectivity index (χ2n) is 5.72. The lowest BCUT2D eigenvalue weighted by Crippen LogP contribution is -2.28. The molecule has 0 amide bonds. The maximum absolute atomic E-state index is 12.8. The second kappa shape index (κ2) is 7.96. The van der Waals surface area contributed by atoms with Crippen LogP contribution in [-0.4, -0.2) is 30.2 Å². The van der Waals surface area contributed by atoms with E-state index in [9.17, 15) is 16.8 Å². The zero-order chi connectivity index (χ0) is 19.5. The fourth-order valence-corrected chi connectivity index (χ4v) is 4.82. The van der Waals surface area contributed by atoms with E-state index >= 15 is 0 Å². The zero-order valence-electron chi connectivity index (χ0n) is 14.6. The van der Waals surface area contributed by atoms with Crippen LogP contribution in [0.3, 0.4) is 0 Å². The van der Waals surface area contributed by atoms with E-state index < -0.39 is 25.9 Å². The predicted octanol–water partition coefficient (Wildman–Crippen LogP) is 3.18. The Morgan fingerprint density at radius 3 is 2.19 bits per heavy atom. The number of ether oxygens (including phenoxy) is 1. The maximum atomic E-state index is 12.8. The molecule has 0 spiro atoms. The van der Waals surface area contributed by atoms with Crippen LogP contribution in [0.4, 0.5) is 0 Å². The van der Waals surface area contributed by atoms with Crippen LogP contribution < -0.4 is 9.46 Å². The molecular formula is C17H20ClNO5S2. The van der Waals surface area contributed by atoms with Crippen molar-refractivity contribution in [3.05, 3.63) is 53.1 Å². The van der Waals surface area contributed by atoms with E-state index in [1.54, 1.807) is 18.2 Å². The Bertz CT molecular complexity index is 986. The summed E-state index contributed by atoms with van der Waals surface area (Å²) in [6.07, 6.45) is 1.59. The highest BCUT2D eigenvalue weighted by atomic mass is 35.5. The van der Waals surface area contributed by atoms with E-state index in [-0.39, 0.29) is 20.6 Å². The van der Waals surface area contributed by atoms with Gasteiger partial charge in [0.1, 0.15) is 10.6 Å². The number of halogens is 1. The Labute approximate surface area is 159 Å². The van der Waals surface area contributed by atoms with Crippen LogP contribution in [0.1, 0.15) is 24.9 Å². The van der Waals surface area contributed by atoms with Gasteiger partial charge in [-0.2, -0.15) is 0 Å². The van der Waals surface area contributed by atoms with Crippen LogP contribution in [0.15, 0.2) is 52.3 Å². The number of nitrogens with one attached hydrogen (secondary N) is 1. The molecule has 0 aliphatic carbocycles. The number of methoxy groups -OCH3 is 1. The molecule has 0 aliphatic rings. The van der Waals surface area contributed by atoms with E-state index in [2.05, 4.69) is 4.72 Å². The molecule has 0 radical (unpaired) electrons. The molecule has 0 heterocycles. The smallest absolute Gasteiger partial charge is 0.244 e. The van der Waals surface area contributed by atoms with Crippen molar-refractivity contribution < 1.29 is 21.6 Å². The third-order valence-corrected chi connectivity index (χ3v) is 6.69. The van der Waals surface area contributed by atoms with Crippen molar-refractivity contribution >= 4 is 31.5 Å². The Morgan fingerprint density at radius 2 is 1.69 bits per heavy atom. The molecule has 0 aromatic heterocycles. The fourth-order valence-electron chi connectivity index (χ4n) is 2.45. The zero-order valence-corrected chi connectivity index (χ0v) is 17.0. The lowest BCUT2D eigenvalue weighted by atomic mass is 10.1. The summed E-state index contributed by atoms with van der Waals surface area (Å²) in [6, 6.07) is 9.94. The minimum Gasteiger partial charge on any atom is -0.495 e. The van der Waals surface area contributed by atoms with Gasteiger partial charge in [-0.3, -0.25) is 0 Å². The summed E-state index contributed by atoms with van der Waals surface area (Å²) in [4.78, 5) is 0.120. The highest BCUT2D eigenvalue weighted by molar-refractivity contribution is 7.90. The van der Waals surface area contributed by atoms with Crippen molar-refractivity contribution in [1.82, 2.24) is 4.72 Å². The van der Waals surface area contributed by atoms with Crippen molar-refractivity contribution in [2.24, 2.45) is 0 Å². The fraction of sp³-hybridized carbons (Fsp3) is 0.294. The monoisotopic (exact) mass is 417 g/mol. The quantitative estimate of drug-likeness (QED) is 0.747. The third kappa shape index (κ3) is 4.76. The molecule has 142 valence electrons. The van der Waals surface area contributed by atoms with Gasteiger partial charge in [0.05, 0.1) is 12.0 Å². The molecule has 0 saturated carbocycles. The van der Waals surface area contributed by atoms with E-state index in [1.807, 2.05) is 6.92 Å². The molecule has 0 saturated heterocycles. The van der Waals surface area contributed by atoms with Crippen molar-refractivity contribution in [1.29, 1.82) is 0 Å². The molecule has 0 bridgehead atoms. The Kier molecular flexibility index (Phi) is 6.33. The van der Waals surface area contributed by atoms with Gasteiger partial charge < -0.3 is 4.74 Å². The number of sulfonamides is 1. The topological polar surface area (TPSA) is 89.5 Å². The Morgan fingerprint density at radius 1 is 1.08 bits per heavy atom. The van der Waals surface area contributed by atoms with Gasteiger partial charge in [0.2, 0.25) is 10.0 Å². The molecule has 9 heteroatoms. The van der Waals surface area contributed by atoms with Crippen LogP contribution in [0, 0.1) is 0 Å². The minimum atomic E-state index is -3.90. The summed E-state index contributed by atoms with van der Waals surface area (Å²) < 4.78 is 56.4. The van der Waals surface area contributed by atoms with Crippen LogP contribution >= 0.6 is 11.6 Å². The van der Waals surface area contributed by atoms with E-state index in [1.165, 1.54) is 31.4 Å².